The number of benzene rings is 1. The molecule has 4 heteroatoms. The number of hydrogen-bond acceptors (Lipinski definition) is 1. The monoisotopic (exact) mass is 206 g/mol. The summed E-state index contributed by atoms with van der Waals surface area (Å²) in [5, 5.41) is 0. The maximum absolute atomic E-state index is 11.9. The molecule has 0 radical (unpaired) electrons. The van der Waals surface area contributed by atoms with Crippen LogP contribution in [0, 0.1) is 6.92 Å². The zero-order chi connectivity index (χ0) is 9.84. The second-order valence-corrected chi connectivity index (χ2v) is 2.88. The van der Waals surface area contributed by atoms with Crippen LogP contribution in [-0.2, 0) is 5.88 Å². The maximum atomic E-state index is 11.9. The Balaban J connectivity index is 2.90. The first-order valence-electron chi connectivity index (χ1n) is 3.74. The van der Waals surface area contributed by atoms with Crippen LogP contribution in [0.15, 0.2) is 18.2 Å². The van der Waals surface area contributed by atoms with Gasteiger partial charge in [0.25, 0.3) is 0 Å². The number of rotatable bonds is 3. The molecule has 0 spiro atoms. The van der Waals surface area contributed by atoms with E-state index in [4.69, 9.17) is 11.6 Å². The Morgan fingerprint density at radius 3 is 2.69 bits per heavy atom. The third-order valence-electron chi connectivity index (χ3n) is 1.62. The Morgan fingerprint density at radius 2 is 2.15 bits per heavy atom. The van der Waals surface area contributed by atoms with Crippen molar-refractivity contribution in [2.24, 2.45) is 0 Å². The zero-order valence-corrected chi connectivity index (χ0v) is 7.81. The van der Waals surface area contributed by atoms with Crippen LogP contribution in [0.1, 0.15) is 11.1 Å². The Kier molecular flexibility index (Phi) is 3.48. The van der Waals surface area contributed by atoms with Gasteiger partial charge in [0.05, 0.1) is 0 Å². The lowest BCUT2D eigenvalue weighted by molar-refractivity contribution is -0.0503. The molecule has 0 aromatic heterocycles. The molecule has 0 saturated heterocycles. The summed E-state index contributed by atoms with van der Waals surface area (Å²) in [6, 6.07) is 5.00. The summed E-state index contributed by atoms with van der Waals surface area (Å²) in [6.45, 7) is -1.08. The van der Waals surface area contributed by atoms with E-state index >= 15 is 0 Å². The SMILES string of the molecule is Cc1ccc(CCl)cc1OC(F)F. The number of alkyl halides is 3. The van der Waals surface area contributed by atoms with Crippen LogP contribution in [0.25, 0.3) is 0 Å². The first kappa shape index (κ1) is 10.3. The van der Waals surface area contributed by atoms with Gasteiger partial charge in [-0.05, 0) is 24.1 Å². The predicted molar refractivity (Wildman–Crippen MR) is 47.4 cm³/mol. The van der Waals surface area contributed by atoms with Crippen LogP contribution >= 0.6 is 11.6 Å². The minimum Gasteiger partial charge on any atom is -0.435 e. The van der Waals surface area contributed by atoms with Crippen molar-refractivity contribution in [2.75, 3.05) is 0 Å². The van der Waals surface area contributed by atoms with Gasteiger partial charge in [-0.15, -0.1) is 11.6 Å². The molecule has 0 aliphatic rings. The van der Waals surface area contributed by atoms with Crippen molar-refractivity contribution >= 4 is 11.6 Å². The molecule has 1 aromatic rings. The Bertz CT molecular complexity index is 289. The van der Waals surface area contributed by atoms with Gasteiger partial charge in [-0.1, -0.05) is 12.1 Å². The molecule has 72 valence electrons. The topological polar surface area (TPSA) is 9.23 Å². The zero-order valence-electron chi connectivity index (χ0n) is 7.06. The van der Waals surface area contributed by atoms with E-state index in [1.54, 1.807) is 19.1 Å². The molecular formula is C9H9ClF2O. The minimum absolute atomic E-state index is 0.188. The quantitative estimate of drug-likeness (QED) is 0.690. The van der Waals surface area contributed by atoms with E-state index in [1.807, 2.05) is 0 Å². The van der Waals surface area contributed by atoms with E-state index in [9.17, 15) is 8.78 Å². The van der Waals surface area contributed by atoms with E-state index in [-0.39, 0.29) is 5.75 Å². The molecule has 0 fully saturated rings. The highest BCUT2D eigenvalue weighted by molar-refractivity contribution is 6.17. The van der Waals surface area contributed by atoms with Crippen LogP contribution < -0.4 is 4.74 Å². The fraction of sp³-hybridized carbons (Fsp3) is 0.333. The van der Waals surface area contributed by atoms with Crippen molar-refractivity contribution in [3.05, 3.63) is 29.3 Å². The lowest BCUT2D eigenvalue weighted by atomic mass is 10.1. The molecule has 0 N–H and O–H groups in total. The lowest BCUT2D eigenvalue weighted by Crippen LogP contribution is -2.03. The van der Waals surface area contributed by atoms with Gasteiger partial charge in [0.1, 0.15) is 5.75 Å². The third kappa shape index (κ3) is 2.84. The highest BCUT2D eigenvalue weighted by Crippen LogP contribution is 2.22. The molecule has 0 atom stereocenters. The molecule has 1 aromatic carbocycles. The highest BCUT2D eigenvalue weighted by atomic mass is 35.5. The summed E-state index contributed by atoms with van der Waals surface area (Å²) in [5.74, 6) is 0.480. The van der Waals surface area contributed by atoms with Gasteiger partial charge in [-0.2, -0.15) is 8.78 Å². The van der Waals surface area contributed by atoms with Gasteiger partial charge >= 0.3 is 6.61 Å². The maximum Gasteiger partial charge on any atom is 0.387 e. The van der Waals surface area contributed by atoms with Crippen molar-refractivity contribution in [1.82, 2.24) is 0 Å². The van der Waals surface area contributed by atoms with Crippen LogP contribution in [0.4, 0.5) is 8.78 Å². The van der Waals surface area contributed by atoms with Crippen LogP contribution in [0.2, 0.25) is 0 Å². The van der Waals surface area contributed by atoms with E-state index in [0.29, 0.717) is 11.4 Å². The van der Waals surface area contributed by atoms with E-state index in [0.717, 1.165) is 5.56 Å². The number of hydrogen-bond donors (Lipinski definition) is 0. The summed E-state index contributed by atoms with van der Waals surface area (Å²) < 4.78 is 28.1. The molecule has 1 nitrogen and oxygen atoms in total. The summed E-state index contributed by atoms with van der Waals surface area (Å²) >= 11 is 5.54. The van der Waals surface area contributed by atoms with Crippen LogP contribution in [0.3, 0.4) is 0 Å². The molecule has 1 rings (SSSR count). The van der Waals surface area contributed by atoms with E-state index in [1.165, 1.54) is 6.07 Å². The van der Waals surface area contributed by atoms with Crippen molar-refractivity contribution < 1.29 is 13.5 Å². The van der Waals surface area contributed by atoms with Gasteiger partial charge in [0.15, 0.2) is 0 Å². The molecular weight excluding hydrogens is 198 g/mol. The second kappa shape index (κ2) is 4.42. The van der Waals surface area contributed by atoms with Crippen LogP contribution in [0.5, 0.6) is 5.75 Å². The summed E-state index contributed by atoms with van der Waals surface area (Å²) in [4.78, 5) is 0. The minimum atomic E-state index is -2.79. The third-order valence-corrected chi connectivity index (χ3v) is 1.93. The molecule has 0 bridgehead atoms. The van der Waals surface area contributed by atoms with Crippen molar-refractivity contribution in [1.29, 1.82) is 0 Å². The van der Waals surface area contributed by atoms with Crippen molar-refractivity contribution in [2.45, 2.75) is 19.4 Å². The van der Waals surface area contributed by atoms with E-state index < -0.39 is 6.61 Å². The Hall–Kier alpha value is -0.830. The van der Waals surface area contributed by atoms with Gasteiger partial charge in [-0.3, -0.25) is 0 Å². The normalized spacial score (nSPS) is 10.5. The Morgan fingerprint density at radius 1 is 1.46 bits per heavy atom. The van der Waals surface area contributed by atoms with Gasteiger partial charge in [0, 0.05) is 5.88 Å². The largest absolute Gasteiger partial charge is 0.435 e. The summed E-state index contributed by atoms with van der Waals surface area (Å²) in [5.41, 5.74) is 1.44. The smallest absolute Gasteiger partial charge is 0.387 e. The summed E-state index contributed by atoms with van der Waals surface area (Å²) in [7, 11) is 0. The van der Waals surface area contributed by atoms with Gasteiger partial charge < -0.3 is 4.74 Å². The fourth-order valence-corrected chi connectivity index (χ4v) is 1.12. The molecule has 0 amide bonds. The predicted octanol–water partition coefficient (Wildman–Crippen LogP) is 3.34. The van der Waals surface area contributed by atoms with Gasteiger partial charge in [-0.25, -0.2) is 0 Å². The first-order valence-corrected chi connectivity index (χ1v) is 4.27. The molecule has 0 heterocycles. The fourth-order valence-electron chi connectivity index (χ4n) is 0.951. The summed E-state index contributed by atoms with van der Waals surface area (Å²) in [6.07, 6.45) is 0. The number of halogens is 3. The first-order chi connectivity index (χ1) is 6.13. The molecule has 13 heavy (non-hydrogen) atoms. The molecule has 0 saturated carbocycles. The molecule has 0 aliphatic heterocycles. The molecule has 0 aliphatic carbocycles. The average molecular weight is 207 g/mol. The number of ether oxygens (including phenoxy) is 1. The Labute approximate surface area is 80.3 Å². The standard InChI is InChI=1S/C9H9ClF2O/c1-6-2-3-7(5-10)4-8(6)13-9(11)12/h2-4,9H,5H2,1H3. The van der Waals surface area contributed by atoms with E-state index in [2.05, 4.69) is 4.74 Å². The van der Waals surface area contributed by atoms with Crippen molar-refractivity contribution in [3.63, 3.8) is 0 Å². The second-order valence-electron chi connectivity index (χ2n) is 2.61. The lowest BCUT2D eigenvalue weighted by Gasteiger charge is -2.08. The number of aryl methyl sites for hydroxylation is 1. The van der Waals surface area contributed by atoms with Crippen molar-refractivity contribution in [3.8, 4) is 5.75 Å². The van der Waals surface area contributed by atoms with Crippen LogP contribution in [-0.4, -0.2) is 6.61 Å². The average Bonchev–Trinajstić information content (AvgIpc) is 2.08. The highest BCUT2D eigenvalue weighted by Gasteiger charge is 2.07. The van der Waals surface area contributed by atoms with Gasteiger partial charge in [0.2, 0.25) is 0 Å². The molecule has 0 unspecified atom stereocenters.